The van der Waals surface area contributed by atoms with Gasteiger partial charge in [0.25, 0.3) is 0 Å². The number of rotatable bonds is 1. The fraction of sp³-hybridized carbons (Fsp3) is 0.0833. The molecule has 2 aromatic heterocycles. The molecule has 2 heterocycles. The lowest BCUT2D eigenvalue weighted by Gasteiger charge is -1.84. The zero-order chi connectivity index (χ0) is 9.97. The average Bonchev–Trinajstić information content (AvgIpc) is 2.55. The summed E-state index contributed by atoms with van der Waals surface area (Å²) in [5, 5.41) is 2.49. The Morgan fingerprint density at radius 2 is 2.36 bits per heavy atom. The Labute approximate surface area is 86.7 Å². The minimum Gasteiger partial charge on any atom is -0.245 e. The highest BCUT2D eigenvalue weighted by molar-refractivity contribution is 7.16. The van der Waals surface area contributed by atoms with Crippen molar-refractivity contribution in [2.24, 2.45) is 0 Å². The van der Waals surface area contributed by atoms with Crippen LogP contribution in [0.5, 0.6) is 0 Å². The van der Waals surface area contributed by atoms with Gasteiger partial charge in [0.2, 0.25) is 0 Å². The van der Waals surface area contributed by atoms with Gasteiger partial charge in [-0.05, 0) is 30.4 Å². The van der Waals surface area contributed by atoms with E-state index in [9.17, 15) is 0 Å². The van der Waals surface area contributed by atoms with Crippen molar-refractivity contribution >= 4 is 33.7 Å². The molecule has 0 aliphatic carbocycles. The summed E-state index contributed by atoms with van der Waals surface area (Å²) >= 11 is 1.70. The van der Waals surface area contributed by atoms with Crippen molar-refractivity contribution in [2.45, 2.75) is 6.92 Å². The van der Waals surface area contributed by atoms with Crippen LogP contribution in [0.3, 0.4) is 0 Å². The van der Waals surface area contributed by atoms with Gasteiger partial charge in [0.1, 0.15) is 4.83 Å². The zero-order valence-electron chi connectivity index (χ0n) is 8.03. The molecule has 0 aromatic carbocycles. The first-order chi connectivity index (χ1) is 6.86. The van der Waals surface area contributed by atoms with Crippen molar-refractivity contribution in [3.63, 3.8) is 0 Å². The highest BCUT2D eigenvalue weighted by Gasteiger charge is 1.98. The molecule has 2 rings (SSSR count). The first-order valence-electron chi connectivity index (χ1n) is 4.49. The number of thiophene rings is 1. The van der Waals surface area contributed by atoms with Crippen LogP contribution in [0.2, 0.25) is 0 Å². The van der Waals surface area contributed by atoms with Crippen molar-refractivity contribution in [2.75, 3.05) is 0 Å². The Balaban J connectivity index is 3.01. The molecule has 0 N–H and O–H groups in total. The van der Waals surface area contributed by atoms with E-state index in [1.54, 1.807) is 11.3 Å². The number of hydrogen-bond acceptors (Lipinski definition) is 2. The number of nitrogens with zero attached hydrogens (tertiary/aromatic N) is 1. The van der Waals surface area contributed by atoms with E-state index in [0.717, 1.165) is 4.83 Å². The van der Waals surface area contributed by atoms with E-state index in [-0.39, 0.29) is 0 Å². The molecule has 0 aliphatic rings. The molecule has 14 heavy (non-hydrogen) atoms. The van der Waals surface area contributed by atoms with Crippen LogP contribution in [0.25, 0.3) is 22.4 Å². The van der Waals surface area contributed by atoms with Crippen molar-refractivity contribution in [1.29, 1.82) is 0 Å². The number of pyridine rings is 1. The highest BCUT2D eigenvalue weighted by Crippen LogP contribution is 2.08. The van der Waals surface area contributed by atoms with Crippen molar-refractivity contribution in [3.8, 4) is 0 Å². The molecule has 0 saturated heterocycles. The molecular weight excluding hydrogens is 190 g/mol. The summed E-state index contributed by atoms with van der Waals surface area (Å²) in [5.74, 6) is 0. The van der Waals surface area contributed by atoms with Crippen LogP contribution in [0.4, 0.5) is 0 Å². The summed E-state index contributed by atoms with van der Waals surface area (Å²) in [4.78, 5) is 5.43. The zero-order valence-corrected chi connectivity index (χ0v) is 8.84. The van der Waals surface area contributed by atoms with Gasteiger partial charge in [0, 0.05) is 16.1 Å². The summed E-state index contributed by atoms with van der Waals surface area (Å²) in [7, 11) is 0. The van der Waals surface area contributed by atoms with Gasteiger partial charge in [-0.15, -0.1) is 11.3 Å². The van der Waals surface area contributed by atoms with Crippen LogP contribution in [0, 0.1) is 0 Å². The lowest BCUT2D eigenvalue weighted by Crippen LogP contribution is -2.17. The average molecular weight is 201 g/mol. The molecular formula is C12H11NS. The Kier molecular flexibility index (Phi) is 2.46. The lowest BCUT2D eigenvalue weighted by molar-refractivity contribution is 1.44. The minimum atomic E-state index is 1.09. The van der Waals surface area contributed by atoms with E-state index in [1.165, 1.54) is 15.1 Å². The van der Waals surface area contributed by atoms with Crippen LogP contribution in [-0.2, 0) is 0 Å². The first kappa shape index (κ1) is 9.16. The standard InChI is InChI=1S/C12H11NS/c1-3-6-11-9(4-2)10-7-5-8-13-12(10)14-11/h3-8H,1H2,2H3/b9-4-,11-6+. The largest absolute Gasteiger partial charge is 0.245 e. The van der Waals surface area contributed by atoms with E-state index in [2.05, 4.69) is 30.6 Å². The predicted octanol–water partition coefficient (Wildman–Crippen LogP) is 2.06. The van der Waals surface area contributed by atoms with E-state index >= 15 is 0 Å². The molecule has 0 spiro atoms. The SMILES string of the molecule is C=C/C=c1/sc2ncccc2/c1=C/C. The van der Waals surface area contributed by atoms with Gasteiger partial charge >= 0.3 is 0 Å². The maximum atomic E-state index is 4.34. The third-order valence-corrected chi connectivity index (χ3v) is 3.19. The fourth-order valence-corrected chi connectivity index (χ4v) is 2.61. The van der Waals surface area contributed by atoms with Crippen LogP contribution >= 0.6 is 11.3 Å². The fourth-order valence-electron chi connectivity index (χ4n) is 1.50. The Morgan fingerprint density at radius 3 is 3.07 bits per heavy atom. The summed E-state index contributed by atoms with van der Waals surface area (Å²) in [6, 6.07) is 4.08. The predicted molar refractivity (Wildman–Crippen MR) is 63.7 cm³/mol. The molecule has 0 saturated carbocycles. The number of fused-ring (bicyclic) bond motifs is 1. The molecule has 0 fully saturated rings. The second-order valence-corrected chi connectivity index (χ2v) is 3.96. The molecule has 0 amide bonds. The van der Waals surface area contributed by atoms with Gasteiger partial charge in [-0.2, -0.15) is 0 Å². The van der Waals surface area contributed by atoms with E-state index < -0.39 is 0 Å². The van der Waals surface area contributed by atoms with Crippen molar-refractivity contribution < 1.29 is 0 Å². The van der Waals surface area contributed by atoms with Gasteiger partial charge < -0.3 is 0 Å². The maximum absolute atomic E-state index is 4.34. The van der Waals surface area contributed by atoms with Gasteiger partial charge in [-0.1, -0.05) is 18.7 Å². The van der Waals surface area contributed by atoms with E-state index in [4.69, 9.17) is 0 Å². The van der Waals surface area contributed by atoms with Crippen LogP contribution in [-0.4, -0.2) is 4.98 Å². The Bertz CT molecular complexity index is 578. The van der Waals surface area contributed by atoms with Crippen molar-refractivity contribution in [3.05, 3.63) is 40.7 Å². The number of allylic oxidation sites excluding steroid dienone is 1. The molecule has 2 aromatic rings. The molecule has 1 nitrogen and oxygen atoms in total. The quantitative estimate of drug-likeness (QED) is 0.688. The molecule has 70 valence electrons. The normalized spacial score (nSPS) is 13.8. The summed E-state index contributed by atoms with van der Waals surface area (Å²) < 4.78 is 1.23. The summed E-state index contributed by atoms with van der Waals surface area (Å²) in [6.07, 6.45) is 7.80. The third kappa shape index (κ3) is 1.38. The van der Waals surface area contributed by atoms with E-state index in [0.29, 0.717) is 0 Å². The maximum Gasteiger partial charge on any atom is 0.124 e. The van der Waals surface area contributed by atoms with Crippen LogP contribution in [0.1, 0.15) is 6.92 Å². The van der Waals surface area contributed by atoms with E-state index in [1.807, 2.05) is 24.4 Å². The van der Waals surface area contributed by atoms with Gasteiger partial charge in [0.15, 0.2) is 0 Å². The molecule has 0 aliphatic heterocycles. The second-order valence-electron chi connectivity index (χ2n) is 2.93. The Morgan fingerprint density at radius 1 is 1.50 bits per heavy atom. The van der Waals surface area contributed by atoms with Crippen molar-refractivity contribution in [1.82, 2.24) is 4.98 Å². The molecule has 0 bridgehead atoms. The topological polar surface area (TPSA) is 12.9 Å². The number of aromatic nitrogens is 1. The minimum absolute atomic E-state index is 1.09. The van der Waals surface area contributed by atoms with Gasteiger partial charge in [-0.3, -0.25) is 0 Å². The molecule has 0 atom stereocenters. The van der Waals surface area contributed by atoms with Gasteiger partial charge in [0.05, 0.1) is 0 Å². The summed E-state index contributed by atoms with van der Waals surface area (Å²) in [5.41, 5.74) is 0. The Hall–Kier alpha value is -1.41. The smallest absolute Gasteiger partial charge is 0.124 e. The van der Waals surface area contributed by atoms with Gasteiger partial charge in [-0.25, -0.2) is 4.98 Å². The molecule has 0 radical (unpaired) electrons. The second kappa shape index (κ2) is 3.76. The van der Waals surface area contributed by atoms with Crippen LogP contribution in [0.15, 0.2) is 31.0 Å². The molecule has 0 unspecified atom stereocenters. The molecule has 2 heteroatoms. The summed E-state index contributed by atoms with van der Waals surface area (Å²) in [6.45, 7) is 5.77. The number of hydrogen-bond donors (Lipinski definition) is 0. The monoisotopic (exact) mass is 201 g/mol. The first-order valence-corrected chi connectivity index (χ1v) is 5.31. The lowest BCUT2D eigenvalue weighted by atomic mass is 10.2. The third-order valence-electron chi connectivity index (χ3n) is 2.09. The highest BCUT2D eigenvalue weighted by atomic mass is 32.1. The van der Waals surface area contributed by atoms with Crippen LogP contribution < -0.4 is 9.75 Å².